The Hall–Kier alpha value is -0.860. The van der Waals surface area contributed by atoms with Crippen molar-refractivity contribution in [3.8, 4) is 0 Å². The van der Waals surface area contributed by atoms with Crippen LogP contribution in [0.4, 0.5) is 0 Å². The van der Waals surface area contributed by atoms with Gasteiger partial charge in [-0.1, -0.05) is 30.3 Å². The van der Waals surface area contributed by atoms with Crippen LogP contribution in [0.3, 0.4) is 0 Å². The fraction of sp³-hybridized carbons (Fsp3) is 0.538. The second kappa shape index (κ2) is 3.62. The summed E-state index contributed by atoms with van der Waals surface area (Å²) in [6, 6.07) is 10.5. The number of hydrogen-bond donors (Lipinski definition) is 2. The maximum atomic E-state index is 9.21. The van der Waals surface area contributed by atoms with Crippen LogP contribution in [-0.2, 0) is 5.41 Å². The lowest BCUT2D eigenvalue weighted by Gasteiger charge is -2.28. The summed E-state index contributed by atoms with van der Waals surface area (Å²) in [5.74, 6) is 0. The van der Waals surface area contributed by atoms with E-state index in [2.05, 4.69) is 24.3 Å². The zero-order valence-corrected chi connectivity index (χ0v) is 9.24. The van der Waals surface area contributed by atoms with Crippen LogP contribution in [0.5, 0.6) is 0 Å². The highest BCUT2D eigenvalue weighted by Gasteiger charge is 2.47. The molecule has 1 aliphatic carbocycles. The topological polar surface area (TPSA) is 46.2 Å². The molecule has 0 aromatic heterocycles. The van der Waals surface area contributed by atoms with Gasteiger partial charge in [0, 0.05) is 5.54 Å². The van der Waals surface area contributed by atoms with Crippen LogP contribution in [0.25, 0.3) is 0 Å². The van der Waals surface area contributed by atoms with Gasteiger partial charge in [-0.3, -0.25) is 0 Å². The number of aliphatic hydroxyl groups excluding tert-OH is 1. The summed E-state index contributed by atoms with van der Waals surface area (Å²) < 4.78 is 0. The van der Waals surface area contributed by atoms with Gasteiger partial charge < -0.3 is 10.8 Å². The zero-order chi connectivity index (χ0) is 10.9. The Labute approximate surface area is 91.1 Å². The van der Waals surface area contributed by atoms with Crippen LogP contribution >= 0.6 is 0 Å². The van der Waals surface area contributed by atoms with Crippen molar-refractivity contribution in [1.29, 1.82) is 0 Å². The van der Waals surface area contributed by atoms with Crippen molar-refractivity contribution in [2.24, 2.45) is 5.73 Å². The standard InChI is InChI=1S/C13H19NO/c1-12(14,10-15)9-13(7-8-13)11-5-3-2-4-6-11/h2-6,15H,7-10,14H2,1H3. The predicted molar refractivity (Wildman–Crippen MR) is 61.6 cm³/mol. The van der Waals surface area contributed by atoms with Gasteiger partial charge in [0.1, 0.15) is 0 Å². The van der Waals surface area contributed by atoms with Crippen molar-refractivity contribution in [1.82, 2.24) is 0 Å². The molecule has 1 saturated carbocycles. The minimum absolute atomic E-state index is 0.0571. The van der Waals surface area contributed by atoms with Crippen LogP contribution in [0, 0.1) is 0 Å². The molecule has 0 radical (unpaired) electrons. The van der Waals surface area contributed by atoms with Crippen LogP contribution < -0.4 is 5.73 Å². The van der Waals surface area contributed by atoms with Crippen LogP contribution in [-0.4, -0.2) is 17.3 Å². The van der Waals surface area contributed by atoms with Gasteiger partial charge in [-0.15, -0.1) is 0 Å². The van der Waals surface area contributed by atoms with E-state index >= 15 is 0 Å². The van der Waals surface area contributed by atoms with Crippen LogP contribution in [0.2, 0.25) is 0 Å². The van der Waals surface area contributed by atoms with Gasteiger partial charge >= 0.3 is 0 Å². The third-order valence-electron chi connectivity index (χ3n) is 3.34. The number of aliphatic hydroxyl groups is 1. The molecular formula is C13H19NO. The fourth-order valence-electron chi connectivity index (χ4n) is 2.34. The summed E-state index contributed by atoms with van der Waals surface area (Å²) in [4.78, 5) is 0. The third kappa shape index (κ3) is 2.21. The number of hydrogen-bond acceptors (Lipinski definition) is 2. The van der Waals surface area contributed by atoms with E-state index in [0.717, 1.165) is 6.42 Å². The summed E-state index contributed by atoms with van der Waals surface area (Å²) in [7, 11) is 0. The normalized spacial score (nSPS) is 22.1. The van der Waals surface area contributed by atoms with Crippen molar-refractivity contribution < 1.29 is 5.11 Å². The molecule has 1 aliphatic rings. The van der Waals surface area contributed by atoms with E-state index in [0.29, 0.717) is 0 Å². The van der Waals surface area contributed by atoms with Crippen molar-refractivity contribution in [2.45, 2.75) is 37.1 Å². The second-order valence-electron chi connectivity index (χ2n) is 5.14. The van der Waals surface area contributed by atoms with Crippen molar-refractivity contribution in [2.75, 3.05) is 6.61 Å². The fourth-order valence-corrected chi connectivity index (χ4v) is 2.34. The van der Waals surface area contributed by atoms with Crippen molar-refractivity contribution in [3.63, 3.8) is 0 Å². The SMILES string of the molecule is CC(N)(CO)CC1(c2ccccc2)CC1. The molecule has 1 atom stereocenters. The van der Waals surface area contributed by atoms with E-state index in [1.54, 1.807) is 0 Å². The molecule has 1 aromatic carbocycles. The Balaban J connectivity index is 2.15. The lowest BCUT2D eigenvalue weighted by atomic mass is 9.83. The Bertz CT molecular complexity index is 328. The minimum atomic E-state index is -0.452. The minimum Gasteiger partial charge on any atom is -0.394 e. The molecule has 2 nitrogen and oxygen atoms in total. The van der Waals surface area contributed by atoms with Gasteiger partial charge in [-0.25, -0.2) is 0 Å². The molecule has 3 N–H and O–H groups in total. The first-order valence-electron chi connectivity index (χ1n) is 5.53. The van der Waals surface area contributed by atoms with E-state index < -0.39 is 5.54 Å². The molecule has 1 aromatic rings. The summed E-state index contributed by atoms with van der Waals surface area (Å²) in [5, 5.41) is 9.21. The van der Waals surface area contributed by atoms with Gasteiger partial charge in [-0.05, 0) is 37.2 Å². The van der Waals surface area contributed by atoms with Crippen LogP contribution in [0.1, 0.15) is 31.7 Å². The first-order chi connectivity index (χ1) is 7.08. The molecule has 1 fully saturated rings. The van der Waals surface area contributed by atoms with Gasteiger partial charge in [-0.2, -0.15) is 0 Å². The largest absolute Gasteiger partial charge is 0.394 e. The molecule has 15 heavy (non-hydrogen) atoms. The number of benzene rings is 1. The lowest BCUT2D eigenvalue weighted by Crippen LogP contribution is -2.43. The van der Waals surface area contributed by atoms with E-state index in [4.69, 9.17) is 5.73 Å². The van der Waals surface area contributed by atoms with Crippen molar-refractivity contribution in [3.05, 3.63) is 35.9 Å². The van der Waals surface area contributed by atoms with Gasteiger partial charge in [0.15, 0.2) is 0 Å². The highest BCUT2D eigenvalue weighted by atomic mass is 16.3. The lowest BCUT2D eigenvalue weighted by molar-refractivity contribution is 0.189. The van der Waals surface area contributed by atoms with E-state index in [1.165, 1.54) is 18.4 Å². The summed E-state index contributed by atoms with van der Waals surface area (Å²) in [6.45, 7) is 1.98. The Morgan fingerprint density at radius 1 is 1.33 bits per heavy atom. The van der Waals surface area contributed by atoms with Crippen LogP contribution in [0.15, 0.2) is 30.3 Å². The van der Waals surface area contributed by atoms with E-state index in [9.17, 15) is 5.11 Å². The molecule has 2 rings (SSSR count). The molecule has 0 heterocycles. The first kappa shape index (κ1) is 10.7. The molecule has 2 heteroatoms. The predicted octanol–water partition coefficient (Wildman–Crippen LogP) is 1.82. The molecule has 82 valence electrons. The maximum absolute atomic E-state index is 9.21. The Morgan fingerprint density at radius 3 is 2.40 bits per heavy atom. The van der Waals surface area contributed by atoms with Gasteiger partial charge in [0.05, 0.1) is 6.61 Å². The average molecular weight is 205 g/mol. The van der Waals surface area contributed by atoms with E-state index in [-0.39, 0.29) is 12.0 Å². The molecule has 0 spiro atoms. The summed E-state index contributed by atoms with van der Waals surface area (Å²) in [5.41, 5.74) is 7.19. The quantitative estimate of drug-likeness (QED) is 0.787. The average Bonchev–Trinajstić information content (AvgIpc) is 3.00. The first-order valence-corrected chi connectivity index (χ1v) is 5.53. The van der Waals surface area contributed by atoms with Gasteiger partial charge in [0.25, 0.3) is 0 Å². The maximum Gasteiger partial charge on any atom is 0.0608 e. The number of rotatable bonds is 4. The summed E-state index contributed by atoms with van der Waals surface area (Å²) in [6.07, 6.45) is 3.27. The molecule has 0 saturated heterocycles. The second-order valence-corrected chi connectivity index (χ2v) is 5.14. The molecule has 0 amide bonds. The highest BCUT2D eigenvalue weighted by Crippen LogP contribution is 2.52. The summed E-state index contributed by atoms with van der Waals surface area (Å²) >= 11 is 0. The van der Waals surface area contributed by atoms with Crippen molar-refractivity contribution >= 4 is 0 Å². The Morgan fingerprint density at radius 2 is 1.93 bits per heavy atom. The zero-order valence-electron chi connectivity index (χ0n) is 9.24. The van der Waals surface area contributed by atoms with Gasteiger partial charge in [0.2, 0.25) is 0 Å². The molecular weight excluding hydrogens is 186 g/mol. The third-order valence-corrected chi connectivity index (χ3v) is 3.34. The molecule has 1 unspecified atom stereocenters. The smallest absolute Gasteiger partial charge is 0.0608 e. The highest BCUT2D eigenvalue weighted by molar-refractivity contribution is 5.31. The molecule has 0 aliphatic heterocycles. The number of nitrogens with two attached hydrogens (primary N) is 1. The molecule has 0 bridgehead atoms. The van der Waals surface area contributed by atoms with E-state index in [1.807, 2.05) is 13.0 Å². The Kier molecular flexibility index (Phi) is 2.57. The monoisotopic (exact) mass is 205 g/mol.